The summed E-state index contributed by atoms with van der Waals surface area (Å²) in [5.74, 6) is 0.319. The van der Waals surface area contributed by atoms with E-state index in [0.29, 0.717) is 17.0 Å². The van der Waals surface area contributed by atoms with Gasteiger partial charge in [-0.3, -0.25) is 0 Å². The molecule has 0 saturated heterocycles. The van der Waals surface area contributed by atoms with Crippen molar-refractivity contribution in [2.45, 2.75) is 18.0 Å². The molecule has 0 heterocycles. The number of anilines is 1. The predicted octanol–water partition coefficient (Wildman–Crippen LogP) is 3.15. The topological polar surface area (TPSA) is 32.3 Å². The molecule has 0 aliphatic heterocycles. The second kappa shape index (κ2) is 6.54. The SMILES string of the molecule is OC(CCl)CNc1cc(C(F)(F)F)ccc1CS. The molecule has 1 atom stereocenters. The van der Waals surface area contributed by atoms with Gasteiger partial charge >= 0.3 is 6.18 Å². The van der Waals surface area contributed by atoms with Gasteiger partial charge in [0.05, 0.1) is 17.5 Å². The van der Waals surface area contributed by atoms with E-state index in [9.17, 15) is 18.3 Å². The van der Waals surface area contributed by atoms with Gasteiger partial charge in [0.1, 0.15) is 0 Å². The number of benzene rings is 1. The van der Waals surface area contributed by atoms with E-state index >= 15 is 0 Å². The molecule has 0 spiro atoms. The highest BCUT2D eigenvalue weighted by Gasteiger charge is 2.30. The molecule has 0 aromatic heterocycles. The normalized spacial score (nSPS) is 13.4. The fraction of sp³-hybridized carbons (Fsp3) is 0.455. The smallest absolute Gasteiger partial charge is 0.390 e. The second-order valence-electron chi connectivity index (χ2n) is 3.72. The van der Waals surface area contributed by atoms with Crippen LogP contribution in [0.2, 0.25) is 0 Å². The summed E-state index contributed by atoms with van der Waals surface area (Å²) < 4.78 is 37.7. The number of thiol groups is 1. The van der Waals surface area contributed by atoms with Crippen LogP contribution in [-0.4, -0.2) is 23.6 Å². The Kier molecular flexibility index (Phi) is 5.62. The number of nitrogens with one attached hydrogen (secondary N) is 1. The van der Waals surface area contributed by atoms with Gasteiger partial charge in [0.15, 0.2) is 0 Å². The molecule has 1 aromatic carbocycles. The zero-order chi connectivity index (χ0) is 13.8. The van der Waals surface area contributed by atoms with Crippen molar-refractivity contribution in [1.29, 1.82) is 0 Å². The maximum atomic E-state index is 12.6. The molecule has 1 rings (SSSR count). The maximum Gasteiger partial charge on any atom is 0.416 e. The Morgan fingerprint density at radius 1 is 1.39 bits per heavy atom. The minimum Gasteiger partial charge on any atom is -0.390 e. The highest BCUT2D eigenvalue weighted by atomic mass is 35.5. The minimum absolute atomic E-state index is 0.0160. The first-order valence-corrected chi connectivity index (χ1v) is 6.34. The van der Waals surface area contributed by atoms with Crippen molar-refractivity contribution in [2.24, 2.45) is 0 Å². The van der Waals surface area contributed by atoms with E-state index in [4.69, 9.17) is 11.6 Å². The van der Waals surface area contributed by atoms with E-state index in [1.165, 1.54) is 6.07 Å². The third-order valence-electron chi connectivity index (χ3n) is 2.31. The van der Waals surface area contributed by atoms with E-state index in [-0.39, 0.29) is 12.4 Å². The summed E-state index contributed by atoms with van der Waals surface area (Å²) in [4.78, 5) is 0. The molecule has 0 radical (unpaired) electrons. The molecule has 2 N–H and O–H groups in total. The lowest BCUT2D eigenvalue weighted by Crippen LogP contribution is -2.21. The molecular weight excluding hydrogens is 287 g/mol. The van der Waals surface area contributed by atoms with Crippen LogP contribution >= 0.6 is 24.2 Å². The van der Waals surface area contributed by atoms with E-state index in [1.807, 2.05) is 0 Å². The Balaban J connectivity index is 2.92. The van der Waals surface area contributed by atoms with Gasteiger partial charge in [-0.05, 0) is 17.7 Å². The summed E-state index contributed by atoms with van der Waals surface area (Å²) in [7, 11) is 0. The van der Waals surface area contributed by atoms with Crippen molar-refractivity contribution in [1.82, 2.24) is 0 Å². The van der Waals surface area contributed by atoms with E-state index in [2.05, 4.69) is 17.9 Å². The molecule has 1 unspecified atom stereocenters. The van der Waals surface area contributed by atoms with E-state index in [1.54, 1.807) is 0 Å². The average molecular weight is 300 g/mol. The number of aliphatic hydroxyl groups is 1. The lowest BCUT2D eigenvalue weighted by Gasteiger charge is -2.15. The first kappa shape index (κ1) is 15.5. The van der Waals surface area contributed by atoms with Crippen LogP contribution < -0.4 is 5.32 Å². The van der Waals surface area contributed by atoms with Crippen LogP contribution in [0.25, 0.3) is 0 Å². The lowest BCUT2D eigenvalue weighted by atomic mass is 10.1. The Bertz CT molecular complexity index is 400. The molecule has 2 nitrogen and oxygen atoms in total. The first-order chi connectivity index (χ1) is 8.38. The summed E-state index contributed by atoms with van der Waals surface area (Å²) >= 11 is 9.45. The minimum atomic E-state index is -4.39. The second-order valence-corrected chi connectivity index (χ2v) is 4.34. The van der Waals surface area contributed by atoms with Gasteiger partial charge < -0.3 is 10.4 Å². The Labute approximate surface area is 114 Å². The molecule has 0 saturated carbocycles. The Hall–Kier alpha value is -0.590. The zero-order valence-corrected chi connectivity index (χ0v) is 11.0. The zero-order valence-electron chi connectivity index (χ0n) is 9.34. The monoisotopic (exact) mass is 299 g/mol. The van der Waals surface area contributed by atoms with Crippen molar-refractivity contribution in [3.8, 4) is 0 Å². The van der Waals surface area contributed by atoms with Crippen LogP contribution in [0.15, 0.2) is 18.2 Å². The van der Waals surface area contributed by atoms with Gasteiger partial charge in [-0.1, -0.05) is 6.07 Å². The number of hydrogen-bond donors (Lipinski definition) is 3. The van der Waals surface area contributed by atoms with Crippen molar-refractivity contribution in [3.63, 3.8) is 0 Å². The van der Waals surface area contributed by atoms with Gasteiger partial charge in [-0.15, -0.1) is 11.6 Å². The summed E-state index contributed by atoms with van der Waals surface area (Å²) in [6.07, 6.45) is -5.20. The predicted molar refractivity (Wildman–Crippen MR) is 69.4 cm³/mol. The van der Waals surface area contributed by atoms with Gasteiger partial charge in [0, 0.05) is 18.0 Å². The molecule has 102 valence electrons. The molecule has 1 aromatic rings. The molecular formula is C11H13ClF3NOS. The standard InChI is InChI=1S/C11H13ClF3NOS/c12-4-9(17)5-16-10-3-8(11(13,14)15)2-1-7(10)6-18/h1-3,9,16-18H,4-6H2. The van der Waals surface area contributed by atoms with Crippen molar-refractivity contribution in [3.05, 3.63) is 29.3 Å². The molecule has 7 heteroatoms. The largest absolute Gasteiger partial charge is 0.416 e. The summed E-state index contributed by atoms with van der Waals surface area (Å²) in [6, 6.07) is 3.38. The van der Waals surface area contributed by atoms with Crippen molar-refractivity contribution >= 4 is 29.9 Å². The Morgan fingerprint density at radius 2 is 2.06 bits per heavy atom. The first-order valence-electron chi connectivity index (χ1n) is 5.17. The average Bonchev–Trinajstić information content (AvgIpc) is 2.34. The van der Waals surface area contributed by atoms with Gasteiger partial charge in [-0.25, -0.2) is 0 Å². The van der Waals surface area contributed by atoms with Crippen LogP contribution in [0.4, 0.5) is 18.9 Å². The molecule has 0 bridgehead atoms. The fourth-order valence-electron chi connectivity index (χ4n) is 1.34. The third kappa shape index (κ3) is 4.26. The lowest BCUT2D eigenvalue weighted by molar-refractivity contribution is -0.137. The maximum absolute atomic E-state index is 12.6. The van der Waals surface area contributed by atoms with Crippen LogP contribution in [0.1, 0.15) is 11.1 Å². The summed E-state index contributed by atoms with van der Waals surface area (Å²) in [5.41, 5.74) is 0.202. The van der Waals surface area contributed by atoms with Crippen LogP contribution in [0, 0.1) is 0 Å². The molecule has 0 aliphatic carbocycles. The molecule has 0 amide bonds. The number of halogens is 4. The van der Waals surface area contributed by atoms with E-state index < -0.39 is 17.8 Å². The highest BCUT2D eigenvalue weighted by Crippen LogP contribution is 2.32. The number of alkyl halides is 4. The third-order valence-corrected chi connectivity index (χ3v) is 3.01. The van der Waals surface area contributed by atoms with Gasteiger partial charge in [0.25, 0.3) is 0 Å². The quantitative estimate of drug-likeness (QED) is 0.576. The number of rotatable bonds is 5. The van der Waals surface area contributed by atoms with Gasteiger partial charge in [0.2, 0.25) is 0 Å². The van der Waals surface area contributed by atoms with Crippen LogP contribution in [0.3, 0.4) is 0 Å². The van der Waals surface area contributed by atoms with Crippen molar-refractivity contribution in [2.75, 3.05) is 17.7 Å². The highest BCUT2D eigenvalue weighted by molar-refractivity contribution is 7.79. The summed E-state index contributed by atoms with van der Waals surface area (Å²) in [6.45, 7) is 0.0889. The number of aliphatic hydroxyl groups excluding tert-OH is 1. The van der Waals surface area contributed by atoms with E-state index in [0.717, 1.165) is 12.1 Å². The number of hydrogen-bond acceptors (Lipinski definition) is 3. The molecule has 18 heavy (non-hydrogen) atoms. The fourth-order valence-corrected chi connectivity index (χ4v) is 1.72. The van der Waals surface area contributed by atoms with Crippen LogP contribution in [-0.2, 0) is 11.9 Å². The van der Waals surface area contributed by atoms with Crippen molar-refractivity contribution < 1.29 is 18.3 Å². The van der Waals surface area contributed by atoms with Crippen LogP contribution in [0.5, 0.6) is 0 Å². The van der Waals surface area contributed by atoms with Gasteiger partial charge in [-0.2, -0.15) is 25.8 Å². The Morgan fingerprint density at radius 3 is 2.56 bits per heavy atom. The molecule has 0 aliphatic rings. The molecule has 0 fully saturated rings. The summed E-state index contributed by atoms with van der Waals surface area (Å²) in [5, 5.41) is 12.0.